The molecule has 0 aliphatic carbocycles. The first-order valence-corrected chi connectivity index (χ1v) is 9.92. The molecule has 0 spiro atoms. The molecule has 1 aromatic carbocycles. The SMILES string of the molecule is CN=C(NCCCOc1ccc(F)cc1)N1CCN(C(=O)C2CCCO2)CC1.I. The number of carbonyl (C=O) groups is 1. The van der Waals surface area contributed by atoms with Crippen molar-refractivity contribution < 1.29 is 18.7 Å². The van der Waals surface area contributed by atoms with Crippen LogP contribution in [0.25, 0.3) is 0 Å². The molecule has 2 saturated heterocycles. The molecule has 162 valence electrons. The second-order valence-electron chi connectivity index (χ2n) is 6.94. The van der Waals surface area contributed by atoms with E-state index in [1.807, 2.05) is 4.90 Å². The minimum absolute atomic E-state index is 0. The van der Waals surface area contributed by atoms with E-state index in [4.69, 9.17) is 9.47 Å². The topological polar surface area (TPSA) is 66.4 Å². The summed E-state index contributed by atoms with van der Waals surface area (Å²) in [5.41, 5.74) is 0. The van der Waals surface area contributed by atoms with E-state index in [0.717, 1.165) is 44.9 Å². The Morgan fingerprint density at radius 1 is 1.24 bits per heavy atom. The molecule has 1 N–H and O–H groups in total. The molecule has 2 aliphatic heterocycles. The van der Waals surface area contributed by atoms with E-state index in [-0.39, 0.29) is 41.8 Å². The van der Waals surface area contributed by atoms with Crippen LogP contribution in [0.5, 0.6) is 5.75 Å². The molecule has 1 atom stereocenters. The first kappa shape index (κ1) is 23.7. The summed E-state index contributed by atoms with van der Waals surface area (Å²) in [7, 11) is 1.77. The second kappa shape index (κ2) is 12.2. The molecule has 2 fully saturated rings. The normalized spacial score (nSPS) is 19.7. The summed E-state index contributed by atoms with van der Waals surface area (Å²) in [5.74, 6) is 1.36. The summed E-state index contributed by atoms with van der Waals surface area (Å²) >= 11 is 0. The van der Waals surface area contributed by atoms with Crippen LogP contribution in [0.4, 0.5) is 4.39 Å². The summed E-state index contributed by atoms with van der Waals surface area (Å²) in [5, 5.41) is 3.34. The number of amides is 1. The van der Waals surface area contributed by atoms with Crippen molar-refractivity contribution in [1.82, 2.24) is 15.1 Å². The molecule has 2 aliphatic rings. The molecule has 0 bridgehead atoms. The van der Waals surface area contributed by atoms with E-state index >= 15 is 0 Å². The monoisotopic (exact) mass is 520 g/mol. The minimum Gasteiger partial charge on any atom is -0.494 e. The summed E-state index contributed by atoms with van der Waals surface area (Å²) in [6.45, 7) is 4.84. The highest BCUT2D eigenvalue weighted by atomic mass is 127. The van der Waals surface area contributed by atoms with Gasteiger partial charge in [0.15, 0.2) is 5.96 Å². The second-order valence-corrected chi connectivity index (χ2v) is 6.94. The van der Waals surface area contributed by atoms with Gasteiger partial charge >= 0.3 is 0 Å². The maximum absolute atomic E-state index is 12.9. The van der Waals surface area contributed by atoms with Crippen molar-refractivity contribution in [3.63, 3.8) is 0 Å². The van der Waals surface area contributed by atoms with E-state index < -0.39 is 0 Å². The van der Waals surface area contributed by atoms with Gasteiger partial charge in [-0.25, -0.2) is 4.39 Å². The van der Waals surface area contributed by atoms with Gasteiger partial charge in [-0.2, -0.15) is 0 Å². The summed E-state index contributed by atoms with van der Waals surface area (Å²) < 4.78 is 24.0. The first-order valence-electron chi connectivity index (χ1n) is 9.92. The number of carbonyl (C=O) groups excluding carboxylic acids is 1. The predicted octanol–water partition coefficient (Wildman–Crippen LogP) is 2.11. The Labute approximate surface area is 188 Å². The van der Waals surface area contributed by atoms with Crippen LogP contribution in [0.2, 0.25) is 0 Å². The summed E-state index contributed by atoms with van der Waals surface area (Å²) in [4.78, 5) is 20.8. The van der Waals surface area contributed by atoms with Crippen molar-refractivity contribution in [1.29, 1.82) is 0 Å². The summed E-state index contributed by atoms with van der Waals surface area (Å²) in [6.07, 6.45) is 2.36. The van der Waals surface area contributed by atoms with E-state index in [0.29, 0.717) is 32.1 Å². The van der Waals surface area contributed by atoms with Gasteiger partial charge in [0.25, 0.3) is 5.91 Å². The van der Waals surface area contributed by atoms with Crippen molar-refractivity contribution in [2.24, 2.45) is 4.99 Å². The van der Waals surface area contributed by atoms with E-state index in [9.17, 15) is 9.18 Å². The lowest BCUT2D eigenvalue weighted by molar-refractivity contribution is -0.142. The summed E-state index contributed by atoms with van der Waals surface area (Å²) in [6, 6.07) is 6.02. The van der Waals surface area contributed by atoms with Crippen LogP contribution in [0.15, 0.2) is 29.3 Å². The van der Waals surface area contributed by atoms with Gasteiger partial charge in [-0.15, -0.1) is 24.0 Å². The molecule has 9 heteroatoms. The molecule has 2 heterocycles. The third-order valence-corrected chi connectivity index (χ3v) is 4.99. The van der Waals surface area contributed by atoms with Crippen molar-refractivity contribution >= 4 is 35.8 Å². The third kappa shape index (κ3) is 6.98. The number of benzene rings is 1. The fraction of sp³-hybridized carbons (Fsp3) is 0.600. The quantitative estimate of drug-likeness (QED) is 0.270. The fourth-order valence-electron chi connectivity index (χ4n) is 3.44. The molecule has 7 nitrogen and oxygen atoms in total. The van der Waals surface area contributed by atoms with Crippen LogP contribution >= 0.6 is 24.0 Å². The molecular weight excluding hydrogens is 490 g/mol. The van der Waals surface area contributed by atoms with Gasteiger partial charge in [0.1, 0.15) is 17.7 Å². The maximum Gasteiger partial charge on any atom is 0.251 e. The Morgan fingerprint density at radius 3 is 2.55 bits per heavy atom. The van der Waals surface area contributed by atoms with Gasteiger partial charge in [-0.1, -0.05) is 0 Å². The number of aliphatic imine (C=N–C) groups is 1. The number of piperazine rings is 1. The zero-order valence-corrected chi connectivity index (χ0v) is 19.1. The Bertz CT molecular complexity index is 660. The van der Waals surface area contributed by atoms with Crippen molar-refractivity contribution in [2.45, 2.75) is 25.4 Å². The molecule has 3 rings (SSSR count). The highest BCUT2D eigenvalue weighted by Crippen LogP contribution is 2.16. The number of rotatable bonds is 6. The van der Waals surface area contributed by atoms with Gasteiger partial charge in [0.2, 0.25) is 0 Å². The van der Waals surface area contributed by atoms with Gasteiger partial charge in [0, 0.05) is 46.4 Å². The number of hydrogen-bond acceptors (Lipinski definition) is 4. The predicted molar refractivity (Wildman–Crippen MR) is 120 cm³/mol. The fourth-order valence-corrected chi connectivity index (χ4v) is 3.44. The number of guanidine groups is 1. The molecule has 0 saturated carbocycles. The van der Waals surface area contributed by atoms with Crippen LogP contribution in [-0.2, 0) is 9.53 Å². The van der Waals surface area contributed by atoms with Crippen molar-refractivity contribution in [3.05, 3.63) is 30.1 Å². The zero-order chi connectivity index (χ0) is 19.8. The Kier molecular flexibility index (Phi) is 9.92. The lowest BCUT2D eigenvalue weighted by atomic mass is 10.2. The number of nitrogens with one attached hydrogen (secondary N) is 1. The molecule has 29 heavy (non-hydrogen) atoms. The van der Waals surface area contributed by atoms with E-state index in [1.165, 1.54) is 12.1 Å². The molecule has 1 unspecified atom stereocenters. The number of ether oxygens (including phenoxy) is 2. The third-order valence-electron chi connectivity index (χ3n) is 4.99. The highest BCUT2D eigenvalue weighted by molar-refractivity contribution is 14.0. The van der Waals surface area contributed by atoms with E-state index in [1.54, 1.807) is 19.2 Å². The average Bonchev–Trinajstić information content (AvgIpc) is 3.27. The smallest absolute Gasteiger partial charge is 0.251 e. The molecule has 1 aromatic rings. The highest BCUT2D eigenvalue weighted by Gasteiger charge is 2.30. The standard InChI is InChI=1S/C20H29FN4O3.HI/c1-22-20(23-9-3-15-27-17-7-5-16(21)6-8-17)25-12-10-24(11-13-25)19(26)18-4-2-14-28-18;/h5-8,18H,2-4,9-15H2,1H3,(H,22,23);1H. The Balaban J connectivity index is 0.00000300. The molecular formula is C20H30FIN4O3. The first-order chi connectivity index (χ1) is 13.7. The molecule has 0 aromatic heterocycles. The Hall–Kier alpha value is -1.62. The lowest BCUT2D eigenvalue weighted by Gasteiger charge is -2.37. The molecule has 1 amide bonds. The molecule has 0 radical (unpaired) electrons. The van der Waals surface area contributed by atoms with Crippen LogP contribution < -0.4 is 10.1 Å². The van der Waals surface area contributed by atoms with Crippen LogP contribution in [-0.4, -0.2) is 80.8 Å². The van der Waals surface area contributed by atoms with E-state index in [2.05, 4.69) is 15.2 Å². The minimum atomic E-state index is -0.268. The van der Waals surface area contributed by atoms with Crippen LogP contribution in [0.1, 0.15) is 19.3 Å². The van der Waals surface area contributed by atoms with Gasteiger partial charge in [-0.3, -0.25) is 9.79 Å². The zero-order valence-electron chi connectivity index (χ0n) is 16.8. The van der Waals surface area contributed by atoms with Gasteiger partial charge < -0.3 is 24.6 Å². The number of nitrogens with zero attached hydrogens (tertiary/aromatic N) is 3. The maximum atomic E-state index is 12.9. The number of halogens is 2. The van der Waals surface area contributed by atoms with Crippen LogP contribution in [0, 0.1) is 5.82 Å². The average molecular weight is 520 g/mol. The Morgan fingerprint density at radius 2 is 1.93 bits per heavy atom. The largest absolute Gasteiger partial charge is 0.494 e. The van der Waals surface area contributed by atoms with Crippen molar-refractivity contribution in [3.8, 4) is 5.75 Å². The van der Waals surface area contributed by atoms with Gasteiger partial charge in [0.05, 0.1) is 6.61 Å². The van der Waals surface area contributed by atoms with Crippen LogP contribution in [0.3, 0.4) is 0 Å². The lowest BCUT2D eigenvalue weighted by Crippen LogP contribution is -2.55. The number of hydrogen-bond donors (Lipinski definition) is 1. The van der Waals surface area contributed by atoms with Gasteiger partial charge in [-0.05, 0) is 43.5 Å². The van der Waals surface area contributed by atoms with Crippen molar-refractivity contribution in [2.75, 3.05) is 53.0 Å².